The first-order valence-corrected chi connectivity index (χ1v) is 6.12. The van der Waals surface area contributed by atoms with E-state index < -0.39 is 0 Å². The van der Waals surface area contributed by atoms with Gasteiger partial charge in [0.25, 0.3) is 0 Å². The molecule has 0 radical (unpaired) electrons. The van der Waals surface area contributed by atoms with Crippen molar-refractivity contribution in [2.24, 2.45) is 0 Å². The fourth-order valence-corrected chi connectivity index (χ4v) is 1.91. The van der Waals surface area contributed by atoms with Crippen molar-refractivity contribution in [3.8, 4) is 0 Å². The fourth-order valence-electron chi connectivity index (χ4n) is 1.91. The number of hydrogen-bond acceptors (Lipinski definition) is 3. The quantitative estimate of drug-likeness (QED) is 0.847. The van der Waals surface area contributed by atoms with Gasteiger partial charge in [-0.1, -0.05) is 30.3 Å². The van der Waals surface area contributed by atoms with E-state index in [9.17, 15) is 5.11 Å². The van der Waals surface area contributed by atoms with Gasteiger partial charge in [-0.05, 0) is 24.6 Å². The monoisotopic (exact) mass is 242 g/mol. The number of nitrogens with one attached hydrogen (secondary N) is 1. The SMILES string of the molecule is Cc1cc(NCC(CO)c2ccccc2)ccn1. The molecule has 2 aromatic rings. The Morgan fingerprint density at radius 3 is 2.67 bits per heavy atom. The van der Waals surface area contributed by atoms with Crippen molar-refractivity contribution in [1.29, 1.82) is 0 Å². The molecule has 0 spiro atoms. The molecule has 3 nitrogen and oxygen atoms in total. The molecule has 0 fully saturated rings. The van der Waals surface area contributed by atoms with Gasteiger partial charge < -0.3 is 10.4 Å². The summed E-state index contributed by atoms with van der Waals surface area (Å²) in [7, 11) is 0. The lowest BCUT2D eigenvalue weighted by Gasteiger charge is -2.16. The molecular formula is C15H18N2O. The van der Waals surface area contributed by atoms with Crippen LogP contribution in [0.1, 0.15) is 17.2 Å². The molecule has 18 heavy (non-hydrogen) atoms. The highest BCUT2D eigenvalue weighted by Crippen LogP contribution is 2.16. The minimum atomic E-state index is 0.111. The Kier molecular flexibility index (Phi) is 4.31. The van der Waals surface area contributed by atoms with Crippen LogP contribution in [0.15, 0.2) is 48.7 Å². The summed E-state index contributed by atoms with van der Waals surface area (Å²) in [5.74, 6) is 0.111. The summed E-state index contributed by atoms with van der Waals surface area (Å²) < 4.78 is 0. The van der Waals surface area contributed by atoms with Crippen LogP contribution < -0.4 is 5.32 Å². The van der Waals surface area contributed by atoms with Gasteiger partial charge >= 0.3 is 0 Å². The molecule has 1 aromatic heterocycles. The Morgan fingerprint density at radius 2 is 2.00 bits per heavy atom. The van der Waals surface area contributed by atoms with Gasteiger partial charge in [-0.25, -0.2) is 0 Å². The molecule has 1 atom stereocenters. The Hall–Kier alpha value is -1.87. The molecule has 1 unspecified atom stereocenters. The zero-order valence-corrected chi connectivity index (χ0v) is 10.5. The van der Waals surface area contributed by atoms with Gasteiger partial charge in [-0.3, -0.25) is 4.98 Å². The second-order valence-electron chi connectivity index (χ2n) is 4.36. The fraction of sp³-hybridized carbons (Fsp3) is 0.267. The van der Waals surface area contributed by atoms with E-state index in [-0.39, 0.29) is 12.5 Å². The number of pyridine rings is 1. The number of benzene rings is 1. The number of hydrogen-bond donors (Lipinski definition) is 2. The molecule has 0 saturated carbocycles. The lowest BCUT2D eigenvalue weighted by atomic mass is 10.00. The molecule has 0 aliphatic carbocycles. The first kappa shape index (κ1) is 12.6. The first-order chi connectivity index (χ1) is 8.79. The van der Waals surface area contributed by atoms with Gasteiger partial charge in [0.1, 0.15) is 0 Å². The molecular weight excluding hydrogens is 224 g/mol. The molecule has 3 heteroatoms. The summed E-state index contributed by atoms with van der Waals surface area (Å²) in [4.78, 5) is 4.16. The van der Waals surface area contributed by atoms with Crippen molar-refractivity contribution in [3.05, 3.63) is 59.9 Å². The Morgan fingerprint density at radius 1 is 1.22 bits per heavy atom. The zero-order valence-electron chi connectivity index (χ0n) is 10.5. The molecule has 1 aromatic carbocycles. The molecule has 0 saturated heterocycles. The number of aliphatic hydroxyl groups excluding tert-OH is 1. The van der Waals surface area contributed by atoms with Crippen LogP contribution in [-0.4, -0.2) is 23.2 Å². The molecule has 0 aliphatic heterocycles. The summed E-state index contributed by atoms with van der Waals surface area (Å²) in [6.07, 6.45) is 1.79. The number of aryl methyl sites for hydroxylation is 1. The van der Waals surface area contributed by atoms with Crippen LogP contribution in [0.4, 0.5) is 5.69 Å². The van der Waals surface area contributed by atoms with Crippen molar-refractivity contribution < 1.29 is 5.11 Å². The molecule has 0 bridgehead atoms. The van der Waals surface area contributed by atoms with E-state index in [1.807, 2.05) is 49.4 Å². The number of nitrogens with zero attached hydrogens (tertiary/aromatic N) is 1. The molecule has 2 N–H and O–H groups in total. The van der Waals surface area contributed by atoms with Gasteiger partial charge in [-0.2, -0.15) is 0 Å². The molecule has 0 aliphatic rings. The van der Waals surface area contributed by atoms with Gasteiger partial charge in [0.2, 0.25) is 0 Å². The third-order valence-corrected chi connectivity index (χ3v) is 2.94. The van der Waals surface area contributed by atoms with Crippen molar-refractivity contribution >= 4 is 5.69 Å². The van der Waals surface area contributed by atoms with Crippen LogP contribution in [0.25, 0.3) is 0 Å². The average molecular weight is 242 g/mol. The summed E-state index contributed by atoms with van der Waals surface area (Å²) in [6, 6.07) is 14.0. The van der Waals surface area contributed by atoms with Crippen LogP contribution in [0.3, 0.4) is 0 Å². The zero-order chi connectivity index (χ0) is 12.8. The van der Waals surface area contributed by atoms with Crippen molar-refractivity contribution in [2.45, 2.75) is 12.8 Å². The van der Waals surface area contributed by atoms with Gasteiger partial charge in [-0.15, -0.1) is 0 Å². The number of rotatable bonds is 5. The maximum absolute atomic E-state index is 9.46. The number of anilines is 1. The summed E-state index contributed by atoms with van der Waals surface area (Å²) in [6.45, 7) is 2.82. The van der Waals surface area contributed by atoms with Crippen LogP contribution in [0, 0.1) is 6.92 Å². The van der Waals surface area contributed by atoms with Gasteiger partial charge in [0.15, 0.2) is 0 Å². The minimum Gasteiger partial charge on any atom is -0.396 e. The van der Waals surface area contributed by atoms with E-state index in [2.05, 4.69) is 10.3 Å². The maximum atomic E-state index is 9.46. The van der Waals surface area contributed by atoms with E-state index >= 15 is 0 Å². The van der Waals surface area contributed by atoms with Crippen LogP contribution in [0.2, 0.25) is 0 Å². The molecule has 0 amide bonds. The topological polar surface area (TPSA) is 45.1 Å². The molecule has 94 valence electrons. The van der Waals surface area contributed by atoms with E-state index in [0.717, 1.165) is 16.9 Å². The van der Waals surface area contributed by atoms with E-state index in [1.165, 1.54) is 0 Å². The lowest BCUT2D eigenvalue weighted by Crippen LogP contribution is -2.16. The molecule has 2 rings (SSSR count). The Labute approximate surface area is 108 Å². The highest BCUT2D eigenvalue weighted by Gasteiger charge is 2.09. The largest absolute Gasteiger partial charge is 0.396 e. The van der Waals surface area contributed by atoms with Crippen LogP contribution in [-0.2, 0) is 0 Å². The van der Waals surface area contributed by atoms with Crippen molar-refractivity contribution in [3.63, 3.8) is 0 Å². The first-order valence-electron chi connectivity index (χ1n) is 6.12. The number of aliphatic hydroxyl groups is 1. The highest BCUT2D eigenvalue weighted by molar-refractivity contribution is 5.43. The summed E-state index contributed by atoms with van der Waals surface area (Å²) in [5.41, 5.74) is 3.18. The predicted molar refractivity (Wildman–Crippen MR) is 73.7 cm³/mol. The second-order valence-corrected chi connectivity index (χ2v) is 4.36. The van der Waals surface area contributed by atoms with Crippen LogP contribution >= 0.6 is 0 Å². The smallest absolute Gasteiger partial charge is 0.0516 e. The highest BCUT2D eigenvalue weighted by atomic mass is 16.3. The maximum Gasteiger partial charge on any atom is 0.0516 e. The second kappa shape index (κ2) is 6.17. The Balaban J connectivity index is 2.00. The average Bonchev–Trinajstić information content (AvgIpc) is 2.41. The lowest BCUT2D eigenvalue weighted by molar-refractivity contribution is 0.270. The standard InChI is InChI=1S/C15H18N2O/c1-12-9-15(7-8-16-12)17-10-14(11-18)13-5-3-2-4-6-13/h2-9,14,18H,10-11H2,1H3,(H,16,17). The van der Waals surface area contributed by atoms with Gasteiger partial charge in [0, 0.05) is 30.0 Å². The van der Waals surface area contributed by atoms with Crippen molar-refractivity contribution in [1.82, 2.24) is 4.98 Å². The van der Waals surface area contributed by atoms with Crippen molar-refractivity contribution in [2.75, 3.05) is 18.5 Å². The minimum absolute atomic E-state index is 0.111. The predicted octanol–water partition coefficient (Wildman–Crippen LogP) is 2.58. The van der Waals surface area contributed by atoms with E-state index in [0.29, 0.717) is 6.54 Å². The molecule has 1 heterocycles. The third kappa shape index (κ3) is 3.31. The third-order valence-electron chi connectivity index (χ3n) is 2.94. The van der Waals surface area contributed by atoms with Crippen LogP contribution in [0.5, 0.6) is 0 Å². The normalized spacial score (nSPS) is 12.1. The number of aromatic nitrogens is 1. The Bertz CT molecular complexity index is 485. The van der Waals surface area contributed by atoms with E-state index in [4.69, 9.17) is 0 Å². The summed E-state index contributed by atoms with van der Waals surface area (Å²) in [5, 5.41) is 12.8. The van der Waals surface area contributed by atoms with Gasteiger partial charge in [0.05, 0.1) is 6.61 Å². The summed E-state index contributed by atoms with van der Waals surface area (Å²) >= 11 is 0. The van der Waals surface area contributed by atoms with E-state index in [1.54, 1.807) is 6.20 Å².